The second-order valence-corrected chi connectivity index (χ2v) is 5.17. The minimum absolute atomic E-state index is 0.0540. The molecule has 2 unspecified atom stereocenters. The monoisotopic (exact) mass is 231 g/mol. The number of hydrogen-bond donors (Lipinski definition) is 0. The summed E-state index contributed by atoms with van der Waals surface area (Å²) in [5, 5.41) is -1.36. The Balaban J connectivity index is 2.71. The van der Waals surface area contributed by atoms with E-state index in [-0.39, 0.29) is 19.3 Å². The summed E-state index contributed by atoms with van der Waals surface area (Å²) in [5.41, 5.74) is 0. The van der Waals surface area contributed by atoms with Crippen LogP contribution in [0.5, 0.6) is 0 Å². The predicted octanol–water partition coefficient (Wildman–Crippen LogP) is 1.65. The van der Waals surface area contributed by atoms with Crippen LogP contribution < -0.4 is 0 Å². The minimum Gasteiger partial charge on any atom is -0.748 e. The van der Waals surface area contributed by atoms with E-state index in [0.29, 0.717) is 0 Å². The van der Waals surface area contributed by atoms with Gasteiger partial charge in [-0.3, -0.25) is 0 Å². The van der Waals surface area contributed by atoms with Crippen molar-refractivity contribution in [2.45, 2.75) is 37.1 Å². The van der Waals surface area contributed by atoms with Gasteiger partial charge in [-0.1, -0.05) is 6.42 Å². The Bertz CT molecular complexity index is 296. The zero-order valence-electron chi connectivity index (χ0n) is 7.25. The molecular weight excluding hydrogens is 221 g/mol. The van der Waals surface area contributed by atoms with Gasteiger partial charge in [0, 0.05) is 0 Å². The van der Waals surface area contributed by atoms with Crippen molar-refractivity contribution in [1.29, 1.82) is 0 Å². The summed E-state index contributed by atoms with van der Waals surface area (Å²) in [6.07, 6.45) is -4.83. The van der Waals surface area contributed by atoms with Crippen LogP contribution in [0.15, 0.2) is 0 Å². The zero-order valence-corrected chi connectivity index (χ0v) is 8.07. The maximum Gasteiger partial charge on any atom is 0.391 e. The van der Waals surface area contributed by atoms with E-state index in [4.69, 9.17) is 0 Å². The van der Waals surface area contributed by atoms with Crippen molar-refractivity contribution in [2.75, 3.05) is 0 Å². The summed E-state index contributed by atoms with van der Waals surface area (Å²) in [7, 11) is -4.57. The lowest BCUT2D eigenvalue weighted by Gasteiger charge is -2.31. The van der Waals surface area contributed by atoms with Gasteiger partial charge in [-0.15, -0.1) is 0 Å². The van der Waals surface area contributed by atoms with Crippen LogP contribution in [0.25, 0.3) is 0 Å². The molecule has 0 saturated heterocycles. The van der Waals surface area contributed by atoms with Crippen LogP contribution in [0, 0.1) is 5.92 Å². The fourth-order valence-corrected chi connectivity index (χ4v) is 2.63. The SMILES string of the molecule is O=S(=O)([O-])C1CCCC(C(F)(F)F)C1. The van der Waals surface area contributed by atoms with Gasteiger partial charge in [-0.25, -0.2) is 8.42 Å². The molecule has 14 heavy (non-hydrogen) atoms. The van der Waals surface area contributed by atoms with Gasteiger partial charge in [-0.05, 0) is 19.3 Å². The van der Waals surface area contributed by atoms with Gasteiger partial charge in [0.1, 0.15) is 0 Å². The van der Waals surface area contributed by atoms with Crippen LogP contribution >= 0.6 is 0 Å². The van der Waals surface area contributed by atoms with Crippen molar-refractivity contribution in [1.82, 2.24) is 0 Å². The fraction of sp³-hybridized carbons (Fsp3) is 1.00. The highest BCUT2D eigenvalue weighted by atomic mass is 32.2. The summed E-state index contributed by atoms with van der Waals surface area (Å²) < 4.78 is 68.2. The molecule has 84 valence electrons. The lowest BCUT2D eigenvalue weighted by atomic mass is 9.88. The molecule has 1 saturated carbocycles. The Labute approximate surface area is 80.0 Å². The average Bonchev–Trinajstić information content (AvgIpc) is 2.01. The molecule has 0 aromatic heterocycles. The molecule has 0 heterocycles. The molecule has 1 aliphatic carbocycles. The first-order valence-electron chi connectivity index (χ1n) is 4.22. The minimum atomic E-state index is -4.57. The quantitative estimate of drug-likeness (QED) is 0.645. The average molecular weight is 231 g/mol. The highest BCUT2D eigenvalue weighted by Gasteiger charge is 2.43. The molecule has 0 bridgehead atoms. The smallest absolute Gasteiger partial charge is 0.391 e. The first kappa shape index (κ1) is 11.8. The molecule has 1 rings (SSSR count). The first-order chi connectivity index (χ1) is 6.21. The maximum absolute atomic E-state index is 12.2. The van der Waals surface area contributed by atoms with Crippen LogP contribution in [-0.2, 0) is 10.1 Å². The lowest BCUT2D eigenvalue weighted by Crippen LogP contribution is -2.34. The molecule has 0 aliphatic heterocycles. The molecule has 1 aliphatic rings. The number of hydrogen-bond acceptors (Lipinski definition) is 3. The summed E-state index contributed by atoms with van der Waals surface area (Å²) in [4.78, 5) is 0. The van der Waals surface area contributed by atoms with Crippen LogP contribution in [0.4, 0.5) is 13.2 Å². The molecule has 7 heteroatoms. The van der Waals surface area contributed by atoms with Crippen LogP contribution in [0.2, 0.25) is 0 Å². The predicted molar refractivity (Wildman–Crippen MR) is 41.5 cm³/mol. The Kier molecular flexibility index (Phi) is 3.10. The number of alkyl halides is 3. The van der Waals surface area contributed by atoms with Gasteiger partial charge in [0.2, 0.25) is 0 Å². The van der Waals surface area contributed by atoms with E-state index in [0.717, 1.165) is 0 Å². The second kappa shape index (κ2) is 3.69. The van der Waals surface area contributed by atoms with Crippen molar-refractivity contribution in [3.8, 4) is 0 Å². The van der Waals surface area contributed by atoms with Gasteiger partial charge >= 0.3 is 6.18 Å². The topological polar surface area (TPSA) is 57.2 Å². The van der Waals surface area contributed by atoms with E-state index < -0.39 is 33.9 Å². The standard InChI is InChI=1S/C7H11F3O3S/c8-7(9,10)5-2-1-3-6(4-5)14(11,12)13/h5-6H,1-4H2,(H,11,12,13)/p-1. The molecule has 2 atom stereocenters. The first-order valence-corrected chi connectivity index (χ1v) is 5.70. The van der Waals surface area contributed by atoms with Crippen molar-refractivity contribution in [3.63, 3.8) is 0 Å². The van der Waals surface area contributed by atoms with Crippen molar-refractivity contribution >= 4 is 10.1 Å². The molecule has 0 aromatic carbocycles. The Morgan fingerprint density at radius 3 is 2.21 bits per heavy atom. The molecule has 0 aromatic rings. The lowest BCUT2D eigenvalue weighted by molar-refractivity contribution is -0.181. The van der Waals surface area contributed by atoms with E-state index in [9.17, 15) is 26.1 Å². The summed E-state index contributed by atoms with van der Waals surface area (Å²) in [5.74, 6) is -1.63. The van der Waals surface area contributed by atoms with Gasteiger partial charge in [-0.2, -0.15) is 13.2 Å². The van der Waals surface area contributed by atoms with Crippen LogP contribution in [0.1, 0.15) is 25.7 Å². The van der Waals surface area contributed by atoms with E-state index in [2.05, 4.69) is 0 Å². The van der Waals surface area contributed by atoms with Crippen LogP contribution in [-0.4, -0.2) is 24.4 Å². The Morgan fingerprint density at radius 2 is 1.79 bits per heavy atom. The van der Waals surface area contributed by atoms with Gasteiger partial charge in [0.15, 0.2) is 0 Å². The summed E-state index contributed by atoms with van der Waals surface area (Å²) >= 11 is 0. The Hall–Kier alpha value is -0.300. The summed E-state index contributed by atoms with van der Waals surface area (Å²) in [6.45, 7) is 0. The van der Waals surface area contributed by atoms with Crippen molar-refractivity contribution in [2.24, 2.45) is 5.92 Å². The molecular formula is C7H10F3O3S-. The van der Waals surface area contributed by atoms with Gasteiger partial charge in [0.25, 0.3) is 0 Å². The molecule has 1 fully saturated rings. The van der Waals surface area contributed by atoms with E-state index in [1.165, 1.54) is 0 Å². The molecule has 0 radical (unpaired) electrons. The van der Waals surface area contributed by atoms with Gasteiger partial charge in [0.05, 0.1) is 21.3 Å². The van der Waals surface area contributed by atoms with Crippen LogP contribution in [0.3, 0.4) is 0 Å². The Morgan fingerprint density at radius 1 is 1.21 bits per heavy atom. The third-order valence-electron chi connectivity index (χ3n) is 2.50. The highest BCUT2D eigenvalue weighted by molar-refractivity contribution is 7.86. The van der Waals surface area contributed by atoms with Gasteiger partial charge < -0.3 is 4.55 Å². The molecule has 0 spiro atoms. The number of halogens is 3. The number of rotatable bonds is 1. The highest BCUT2D eigenvalue weighted by Crippen LogP contribution is 2.39. The largest absolute Gasteiger partial charge is 0.748 e. The van der Waals surface area contributed by atoms with Crippen molar-refractivity contribution in [3.05, 3.63) is 0 Å². The van der Waals surface area contributed by atoms with Crippen molar-refractivity contribution < 1.29 is 26.1 Å². The molecule has 3 nitrogen and oxygen atoms in total. The van der Waals surface area contributed by atoms with E-state index >= 15 is 0 Å². The normalized spacial score (nSPS) is 30.3. The molecule has 0 amide bonds. The van der Waals surface area contributed by atoms with E-state index in [1.54, 1.807) is 0 Å². The maximum atomic E-state index is 12.2. The molecule has 0 N–H and O–H groups in total. The fourth-order valence-electron chi connectivity index (χ4n) is 1.70. The third-order valence-corrected chi connectivity index (χ3v) is 3.74. The zero-order chi connectivity index (χ0) is 11.0. The second-order valence-electron chi connectivity index (χ2n) is 3.52. The van der Waals surface area contributed by atoms with E-state index in [1.807, 2.05) is 0 Å². The third kappa shape index (κ3) is 2.84. The summed E-state index contributed by atoms with van der Waals surface area (Å²) in [6, 6.07) is 0.